The largest absolute Gasteiger partial charge is 0.456 e. The van der Waals surface area contributed by atoms with Crippen molar-refractivity contribution in [3.63, 3.8) is 0 Å². The molecular formula is C45H28N4O2. The van der Waals surface area contributed by atoms with E-state index in [0.717, 1.165) is 89.7 Å². The summed E-state index contributed by atoms with van der Waals surface area (Å²) in [5.74, 6) is 2.24. The van der Waals surface area contributed by atoms with Gasteiger partial charge in [-0.2, -0.15) is 0 Å². The molecule has 6 nitrogen and oxygen atoms in total. The third-order valence-electron chi connectivity index (χ3n) is 9.33. The van der Waals surface area contributed by atoms with Gasteiger partial charge in [0, 0.05) is 51.1 Å². The fraction of sp³-hybridized carbons (Fsp3) is 0. The molecular weight excluding hydrogens is 629 g/mol. The van der Waals surface area contributed by atoms with E-state index in [4.69, 9.17) is 19.1 Å². The van der Waals surface area contributed by atoms with Gasteiger partial charge in [0.2, 0.25) is 0 Å². The van der Waals surface area contributed by atoms with Gasteiger partial charge < -0.3 is 14.1 Å². The van der Waals surface area contributed by atoms with Crippen LogP contribution in [0.3, 0.4) is 0 Å². The predicted molar refractivity (Wildman–Crippen MR) is 204 cm³/mol. The molecule has 0 spiro atoms. The monoisotopic (exact) mass is 656 g/mol. The van der Waals surface area contributed by atoms with E-state index in [-0.39, 0.29) is 0 Å². The van der Waals surface area contributed by atoms with Crippen molar-refractivity contribution < 1.29 is 9.15 Å². The molecule has 0 atom stereocenters. The molecule has 0 saturated heterocycles. The molecule has 4 heterocycles. The number of aromatic nitrogens is 3. The van der Waals surface area contributed by atoms with Crippen molar-refractivity contribution in [2.24, 2.45) is 0 Å². The van der Waals surface area contributed by atoms with E-state index in [0.29, 0.717) is 5.82 Å². The molecule has 0 aliphatic carbocycles. The minimum atomic E-state index is 0.649. The maximum Gasteiger partial charge on any atom is 0.160 e. The summed E-state index contributed by atoms with van der Waals surface area (Å²) < 4.78 is 12.5. The number of benzene rings is 6. The molecule has 0 N–H and O–H groups in total. The number of fused-ring (bicyclic) bond motifs is 5. The molecule has 0 unspecified atom stereocenters. The maximum atomic E-state index is 6.36. The molecule has 6 heteroatoms. The number of rotatable bonds is 5. The second kappa shape index (κ2) is 11.8. The smallest absolute Gasteiger partial charge is 0.160 e. The third kappa shape index (κ3) is 5.09. The second-order valence-corrected chi connectivity index (χ2v) is 12.5. The molecule has 0 bridgehead atoms. The molecule has 0 saturated carbocycles. The van der Waals surface area contributed by atoms with Gasteiger partial charge in [-0.1, -0.05) is 78.9 Å². The van der Waals surface area contributed by atoms with Gasteiger partial charge in [0.05, 0.1) is 22.8 Å². The van der Waals surface area contributed by atoms with Crippen LogP contribution in [0.2, 0.25) is 0 Å². The van der Waals surface area contributed by atoms with E-state index in [9.17, 15) is 0 Å². The summed E-state index contributed by atoms with van der Waals surface area (Å²) in [4.78, 5) is 17.1. The van der Waals surface area contributed by atoms with Crippen LogP contribution in [0.4, 0.5) is 17.1 Å². The van der Waals surface area contributed by atoms with Crippen molar-refractivity contribution in [1.82, 2.24) is 15.0 Å². The lowest BCUT2D eigenvalue weighted by Gasteiger charge is -2.33. The van der Waals surface area contributed by atoms with Crippen molar-refractivity contribution in [1.29, 1.82) is 0 Å². The average Bonchev–Trinajstić information content (AvgIpc) is 3.58. The third-order valence-corrected chi connectivity index (χ3v) is 9.33. The number of hydrogen-bond donors (Lipinski definition) is 0. The van der Waals surface area contributed by atoms with Gasteiger partial charge in [0.25, 0.3) is 0 Å². The lowest BCUT2D eigenvalue weighted by molar-refractivity contribution is 0.477. The maximum absolute atomic E-state index is 6.36. The summed E-state index contributed by atoms with van der Waals surface area (Å²) in [6.07, 6.45) is 3.70. The molecule has 240 valence electrons. The minimum absolute atomic E-state index is 0.649. The van der Waals surface area contributed by atoms with Crippen LogP contribution in [0, 0.1) is 0 Å². The van der Waals surface area contributed by atoms with Crippen LogP contribution in [-0.2, 0) is 0 Å². The van der Waals surface area contributed by atoms with Crippen LogP contribution < -0.4 is 9.64 Å². The number of hydrogen-bond acceptors (Lipinski definition) is 6. The fourth-order valence-corrected chi connectivity index (χ4v) is 6.92. The highest BCUT2D eigenvalue weighted by Gasteiger charge is 2.26. The first kappa shape index (κ1) is 28.9. The van der Waals surface area contributed by atoms with Crippen molar-refractivity contribution in [3.8, 4) is 56.5 Å². The van der Waals surface area contributed by atoms with Crippen molar-refractivity contribution >= 4 is 39.0 Å². The van der Waals surface area contributed by atoms with Gasteiger partial charge in [-0.05, 0) is 84.4 Å². The molecule has 1 aliphatic rings. The first-order valence-corrected chi connectivity index (χ1v) is 16.8. The highest BCUT2D eigenvalue weighted by atomic mass is 16.5. The van der Waals surface area contributed by atoms with Gasteiger partial charge in [0.15, 0.2) is 17.3 Å². The molecule has 9 aromatic rings. The molecule has 10 rings (SSSR count). The standard InChI is InChI=1S/C45H28N4O2/c1-2-11-29(12-3-1)45-47-37(30-20-21-42-36(26-30)35-14-4-7-17-41(35)50-42)27-38(48-45)33-23-32(31-13-10-22-46-28-31)24-34(25-33)49-39-15-5-8-18-43(39)51-44-19-9-6-16-40(44)49/h1-28H. The number of furan rings is 1. The van der Waals surface area contributed by atoms with Gasteiger partial charge in [-0.3, -0.25) is 4.98 Å². The van der Waals surface area contributed by atoms with E-state index in [1.54, 1.807) is 6.20 Å². The Kier molecular flexibility index (Phi) is 6.70. The van der Waals surface area contributed by atoms with Gasteiger partial charge in [-0.15, -0.1) is 0 Å². The van der Waals surface area contributed by atoms with Crippen LogP contribution >= 0.6 is 0 Å². The topological polar surface area (TPSA) is 64.3 Å². The Hall–Kier alpha value is -7.05. The number of pyridine rings is 1. The molecule has 51 heavy (non-hydrogen) atoms. The van der Waals surface area contributed by atoms with Gasteiger partial charge >= 0.3 is 0 Å². The summed E-state index contributed by atoms with van der Waals surface area (Å²) in [6, 6.07) is 53.6. The van der Waals surface area contributed by atoms with Crippen molar-refractivity contribution in [3.05, 3.63) is 170 Å². The van der Waals surface area contributed by atoms with Crippen LogP contribution in [0.1, 0.15) is 0 Å². The number of nitrogens with zero attached hydrogens (tertiary/aromatic N) is 4. The highest BCUT2D eigenvalue weighted by molar-refractivity contribution is 6.06. The second-order valence-electron chi connectivity index (χ2n) is 12.5. The van der Waals surface area contributed by atoms with Gasteiger partial charge in [0.1, 0.15) is 11.2 Å². The van der Waals surface area contributed by atoms with Crippen LogP contribution in [-0.4, -0.2) is 15.0 Å². The zero-order valence-corrected chi connectivity index (χ0v) is 27.3. The van der Waals surface area contributed by atoms with Crippen LogP contribution in [0.25, 0.3) is 67.0 Å². The van der Waals surface area contributed by atoms with Crippen LogP contribution in [0.5, 0.6) is 11.5 Å². The molecule has 0 fully saturated rings. The van der Waals surface area contributed by atoms with Gasteiger partial charge in [-0.25, -0.2) is 9.97 Å². The Morgan fingerprint density at radius 1 is 0.451 bits per heavy atom. The lowest BCUT2D eigenvalue weighted by atomic mass is 9.99. The summed E-state index contributed by atoms with van der Waals surface area (Å²) in [6.45, 7) is 0. The Labute approximate surface area is 293 Å². The summed E-state index contributed by atoms with van der Waals surface area (Å²) >= 11 is 0. The Morgan fingerprint density at radius 3 is 1.90 bits per heavy atom. The predicted octanol–water partition coefficient (Wildman–Crippen LogP) is 12.0. The summed E-state index contributed by atoms with van der Waals surface area (Å²) in [5.41, 5.74) is 11.1. The number of anilines is 3. The molecule has 6 aromatic carbocycles. The highest BCUT2D eigenvalue weighted by Crippen LogP contribution is 2.51. The quantitative estimate of drug-likeness (QED) is 0.184. The minimum Gasteiger partial charge on any atom is -0.456 e. The normalized spacial score (nSPS) is 12.0. The van der Waals surface area contributed by atoms with Crippen molar-refractivity contribution in [2.75, 3.05) is 4.90 Å². The Bertz CT molecular complexity index is 2700. The average molecular weight is 657 g/mol. The van der Waals surface area contributed by atoms with E-state index in [1.165, 1.54) is 0 Å². The zero-order valence-electron chi connectivity index (χ0n) is 27.3. The Balaban J connectivity index is 1.21. The Morgan fingerprint density at radius 2 is 1.12 bits per heavy atom. The first-order valence-electron chi connectivity index (χ1n) is 16.8. The number of ether oxygens (including phenoxy) is 1. The number of para-hydroxylation sites is 5. The summed E-state index contributed by atoms with van der Waals surface area (Å²) in [7, 11) is 0. The fourth-order valence-electron chi connectivity index (χ4n) is 6.92. The van der Waals surface area contributed by atoms with Crippen LogP contribution in [0.15, 0.2) is 175 Å². The zero-order chi connectivity index (χ0) is 33.7. The molecule has 1 aliphatic heterocycles. The van der Waals surface area contributed by atoms with E-state index in [2.05, 4.69) is 82.7 Å². The van der Waals surface area contributed by atoms with E-state index >= 15 is 0 Å². The van der Waals surface area contributed by atoms with Crippen molar-refractivity contribution in [2.45, 2.75) is 0 Å². The lowest BCUT2D eigenvalue weighted by Crippen LogP contribution is -2.15. The first-order chi connectivity index (χ1) is 25.2. The molecule has 0 radical (unpaired) electrons. The van der Waals surface area contributed by atoms with E-state index < -0.39 is 0 Å². The summed E-state index contributed by atoms with van der Waals surface area (Å²) in [5, 5.41) is 2.13. The SMILES string of the molecule is c1ccc(-c2nc(-c3cc(-c4cccnc4)cc(N4c5ccccc5Oc5ccccc54)c3)cc(-c3ccc4oc5ccccc5c4c3)n2)cc1. The van der Waals surface area contributed by atoms with E-state index in [1.807, 2.05) is 91.1 Å². The molecule has 3 aromatic heterocycles. The molecule has 0 amide bonds.